The number of aliphatic carboxylic acids is 1. The number of fused-ring (bicyclic) bond motifs is 1. The molecule has 4 rings (SSSR count). The lowest BCUT2D eigenvalue weighted by atomic mass is 9.92. The van der Waals surface area contributed by atoms with Crippen molar-refractivity contribution in [2.75, 3.05) is 20.6 Å². The highest BCUT2D eigenvalue weighted by Gasteiger charge is 2.36. The first-order valence-corrected chi connectivity index (χ1v) is 15.5. The molecule has 0 bridgehead atoms. The van der Waals surface area contributed by atoms with Crippen LogP contribution in [0.15, 0.2) is 53.8 Å². The second-order valence-electron chi connectivity index (χ2n) is 12.9. The number of aromatic nitrogens is 3. The minimum Gasteiger partial charge on any atom is -0.481 e. The van der Waals surface area contributed by atoms with Crippen molar-refractivity contribution in [2.24, 2.45) is 5.92 Å². The van der Waals surface area contributed by atoms with Crippen LogP contribution in [-0.2, 0) is 22.2 Å². The lowest BCUT2D eigenvalue weighted by Gasteiger charge is -2.26. The minimum absolute atomic E-state index is 0.00528. The molecule has 0 fully saturated rings. The summed E-state index contributed by atoms with van der Waals surface area (Å²) in [5, 5.41) is 12.7. The Labute approximate surface area is 272 Å². The van der Waals surface area contributed by atoms with E-state index in [1.807, 2.05) is 40.7 Å². The molecule has 0 aliphatic heterocycles. The number of carboxylic acid groups (broad SMARTS) is 1. The fraction of sp³-hybridized carbons (Fsp3) is 0.429. The second-order valence-corrected chi connectivity index (χ2v) is 12.9. The quantitative estimate of drug-likeness (QED) is 0.191. The zero-order valence-corrected chi connectivity index (χ0v) is 27.8. The summed E-state index contributed by atoms with van der Waals surface area (Å²) in [5.41, 5.74) is 3.86. The van der Waals surface area contributed by atoms with Crippen LogP contribution in [0.1, 0.15) is 72.2 Å². The first kappa shape index (κ1) is 35.4. The highest BCUT2D eigenvalue weighted by molar-refractivity contribution is 5.84. The highest BCUT2D eigenvalue weighted by atomic mass is 19.4. The van der Waals surface area contributed by atoms with Crippen LogP contribution in [0, 0.1) is 26.7 Å². The van der Waals surface area contributed by atoms with Gasteiger partial charge in [0.15, 0.2) is 0 Å². The maximum atomic E-state index is 14.1. The van der Waals surface area contributed by atoms with Crippen molar-refractivity contribution in [2.45, 2.75) is 72.1 Å². The number of nitrogens with one attached hydrogen (secondary N) is 1. The van der Waals surface area contributed by atoms with E-state index in [-0.39, 0.29) is 24.3 Å². The molecule has 2 N–H and O–H groups in total. The molecule has 47 heavy (non-hydrogen) atoms. The standard InChI is InChI=1S/C35H42F3N5O4/c1-20(2)12-29(43-19-24(8-10-41(6)7)27(16-30(43)44)35(36,37)38)34(47)40-28(17-31(45)46)25-15-26(33-39-9-11-42(33)18-25)32-22(4)13-21(3)14-23(32)5/h9,11,13-16,18-20,28-29H,8,10,12,17H2,1-7H3,(H,40,47)(H,45,46)/t28?,29-/m1/s1. The van der Waals surface area contributed by atoms with Crippen molar-refractivity contribution in [3.8, 4) is 11.1 Å². The van der Waals surface area contributed by atoms with E-state index in [1.54, 1.807) is 42.0 Å². The molecule has 0 saturated heterocycles. The number of pyridine rings is 2. The fourth-order valence-corrected chi connectivity index (χ4v) is 6.16. The summed E-state index contributed by atoms with van der Waals surface area (Å²) in [7, 11) is 3.46. The van der Waals surface area contributed by atoms with Gasteiger partial charge in [0, 0.05) is 43.0 Å². The number of amides is 1. The lowest BCUT2D eigenvalue weighted by molar-refractivity contribution is -0.139. The van der Waals surface area contributed by atoms with Gasteiger partial charge in [-0.05, 0) is 87.5 Å². The van der Waals surface area contributed by atoms with E-state index in [0.29, 0.717) is 23.8 Å². The molecule has 0 aliphatic rings. The Hall–Kier alpha value is -4.45. The summed E-state index contributed by atoms with van der Waals surface area (Å²) < 4.78 is 44.7. The number of imidazole rings is 1. The second kappa shape index (κ2) is 14.1. The molecule has 1 aromatic carbocycles. The van der Waals surface area contributed by atoms with Gasteiger partial charge in [-0.3, -0.25) is 14.4 Å². The molecular weight excluding hydrogens is 611 g/mol. The molecule has 1 amide bonds. The van der Waals surface area contributed by atoms with Crippen LogP contribution in [0.4, 0.5) is 13.2 Å². The molecule has 0 radical (unpaired) electrons. The zero-order valence-electron chi connectivity index (χ0n) is 27.8. The third-order valence-corrected chi connectivity index (χ3v) is 8.18. The van der Waals surface area contributed by atoms with Crippen LogP contribution in [0.5, 0.6) is 0 Å². The van der Waals surface area contributed by atoms with Crippen molar-refractivity contribution in [3.05, 3.63) is 92.8 Å². The Balaban J connectivity index is 1.82. The molecule has 252 valence electrons. The topological polar surface area (TPSA) is 109 Å². The number of carbonyl (C=O) groups excluding carboxylic acids is 1. The summed E-state index contributed by atoms with van der Waals surface area (Å²) in [5.74, 6) is -1.95. The summed E-state index contributed by atoms with van der Waals surface area (Å²) in [6.07, 6.45) is 1.13. The predicted molar refractivity (Wildman–Crippen MR) is 174 cm³/mol. The van der Waals surface area contributed by atoms with Gasteiger partial charge in [-0.15, -0.1) is 0 Å². The van der Waals surface area contributed by atoms with Crippen LogP contribution in [-0.4, -0.2) is 56.5 Å². The molecule has 0 spiro atoms. The van der Waals surface area contributed by atoms with Crippen LogP contribution in [0.2, 0.25) is 0 Å². The highest BCUT2D eigenvalue weighted by Crippen LogP contribution is 2.35. The summed E-state index contributed by atoms with van der Waals surface area (Å²) >= 11 is 0. The van der Waals surface area contributed by atoms with E-state index in [1.165, 1.54) is 0 Å². The van der Waals surface area contributed by atoms with Gasteiger partial charge in [-0.25, -0.2) is 4.98 Å². The van der Waals surface area contributed by atoms with Crippen LogP contribution in [0.3, 0.4) is 0 Å². The normalized spacial score (nSPS) is 13.4. The monoisotopic (exact) mass is 653 g/mol. The van der Waals surface area contributed by atoms with Crippen molar-refractivity contribution in [1.29, 1.82) is 0 Å². The number of benzene rings is 1. The number of carboxylic acids is 1. The maximum Gasteiger partial charge on any atom is 0.416 e. The van der Waals surface area contributed by atoms with Gasteiger partial charge in [0.05, 0.1) is 18.0 Å². The smallest absolute Gasteiger partial charge is 0.416 e. The minimum atomic E-state index is -4.75. The first-order valence-electron chi connectivity index (χ1n) is 15.5. The Morgan fingerprint density at radius 3 is 2.28 bits per heavy atom. The van der Waals surface area contributed by atoms with Gasteiger partial charge in [0.1, 0.15) is 11.7 Å². The molecule has 3 heterocycles. The molecule has 0 aliphatic carbocycles. The third-order valence-electron chi connectivity index (χ3n) is 8.18. The Bertz CT molecular complexity index is 1820. The van der Waals surface area contributed by atoms with Crippen LogP contribution >= 0.6 is 0 Å². The molecular formula is C35H42F3N5O4. The number of hydrogen-bond acceptors (Lipinski definition) is 5. The fourth-order valence-electron chi connectivity index (χ4n) is 6.16. The number of likely N-dealkylation sites (N-methyl/N-ethyl adjacent to an activating group) is 1. The Morgan fingerprint density at radius 2 is 1.70 bits per heavy atom. The zero-order chi connectivity index (χ0) is 34.8. The third kappa shape index (κ3) is 8.29. The average molecular weight is 654 g/mol. The van der Waals surface area contributed by atoms with Crippen molar-refractivity contribution in [3.63, 3.8) is 0 Å². The molecule has 3 aromatic heterocycles. The van der Waals surface area contributed by atoms with E-state index in [9.17, 15) is 32.7 Å². The number of hydrogen-bond donors (Lipinski definition) is 2. The molecule has 2 atom stereocenters. The number of rotatable bonds is 12. The molecule has 4 aromatic rings. The predicted octanol–water partition coefficient (Wildman–Crippen LogP) is 6.13. The van der Waals surface area contributed by atoms with Crippen molar-refractivity contribution >= 4 is 17.5 Å². The number of alkyl halides is 3. The van der Waals surface area contributed by atoms with Crippen molar-refractivity contribution in [1.82, 2.24) is 24.2 Å². The number of aryl methyl sites for hydroxylation is 3. The summed E-state index contributed by atoms with van der Waals surface area (Å²) in [4.78, 5) is 45.6. The van der Waals surface area contributed by atoms with E-state index < -0.39 is 47.7 Å². The first-order chi connectivity index (χ1) is 22.0. The largest absolute Gasteiger partial charge is 0.481 e. The van der Waals surface area contributed by atoms with E-state index in [4.69, 9.17) is 0 Å². The van der Waals surface area contributed by atoms with Gasteiger partial charge < -0.3 is 24.3 Å². The summed E-state index contributed by atoms with van der Waals surface area (Å²) in [6, 6.07) is 4.27. The van der Waals surface area contributed by atoms with Gasteiger partial charge in [0.25, 0.3) is 5.56 Å². The van der Waals surface area contributed by atoms with Crippen LogP contribution in [0.25, 0.3) is 16.8 Å². The van der Waals surface area contributed by atoms with Gasteiger partial charge in [-0.1, -0.05) is 31.5 Å². The van der Waals surface area contributed by atoms with E-state index >= 15 is 0 Å². The molecule has 12 heteroatoms. The Morgan fingerprint density at radius 1 is 1.04 bits per heavy atom. The number of carbonyl (C=O) groups is 2. The molecule has 1 unspecified atom stereocenters. The molecule has 9 nitrogen and oxygen atoms in total. The van der Waals surface area contributed by atoms with Crippen molar-refractivity contribution < 1.29 is 27.9 Å². The SMILES string of the molecule is Cc1cc(C)c(-c2cc(C(CC(=O)O)NC(=O)[C@@H](CC(C)C)n3cc(CCN(C)C)c(C(F)(F)F)cc3=O)cn3ccnc23)c(C)c1. The van der Waals surface area contributed by atoms with Gasteiger partial charge >= 0.3 is 12.1 Å². The van der Waals surface area contributed by atoms with Gasteiger partial charge in [-0.2, -0.15) is 13.2 Å². The van der Waals surface area contributed by atoms with E-state index in [2.05, 4.69) is 22.4 Å². The maximum absolute atomic E-state index is 14.1. The average Bonchev–Trinajstić information content (AvgIpc) is 3.42. The summed E-state index contributed by atoms with van der Waals surface area (Å²) in [6.45, 7) is 9.95. The number of halogens is 3. The lowest BCUT2D eigenvalue weighted by Crippen LogP contribution is -2.40. The Kier molecular flexibility index (Phi) is 10.6. The van der Waals surface area contributed by atoms with Gasteiger partial charge in [0.2, 0.25) is 5.91 Å². The van der Waals surface area contributed by atoms with Crippen LogP contribution < -0.4 is 10.9 Å². The molecule has 0 saturated carbocycles. The number of nitrogens with zero attached hydrogens (tertiary/aromatic N) is 4. The van der Waals surface area contributed by atoms with E-state index in [0.717, 1.165) is 38.6 Å².